The maximum atomic E-state index is 13.0. The third kappa shape index (κ3) is 3.95. The number of carbonyl (C=O) groups excluding carboxylic acids is 1. The van der Waals surface area contributed by atoms with Gasteiger partial charge in [-0.2, -0.15) is 0 Å². The molecule has 0 radical (unpaired) electrons. The minimum atomic E-state index is -0.498. The molecule has 15 heavy (non-hydrogen) atoms. The van der Waals surface area contributed by atoms with Crippen molar-refractivity contribution in [1.29, 1.82) is 0 Å². The van der Waals surface area contributed by atoms with Crippen LogP contribution in [-0.4, -0.2) is 19.1 Å². The highest BCUT2D eigenvalue weighted by atomic mass is 19.1. The molecule has 0 aliphatic heterocycles. The van der Waals surface area contributed by atoms with Crippen molar-refractivity contribution in [3.05, 3.63) is 30.1 Å². The number of amides is 1. The van der Waals surface area contributed by atoms with Gasteiger partial charge in [0.15, 0.2) is 18.2 Å². The van der Waals surface area contributed by atoms with Gasteiger partial charge in [0.05, 0.1) is 6.61 Å². The highest BCUT2D eigenvalue weighted by Crippen LogP contribution is 2.14. The van der Waals surface area contributed by atoms with Crippen molar-refractivity contribution in [2.24, 2.45) is 0 Å². The highest BCUT2D eigenvalue weighted by molar-refractivity contribution is 5.76. The van der Waals surface area contributed by atoms with Crippen molar-refractivity contribution >= 4 is 5.91 Å². The summed E-state index contributed by atoms with van der Waals surface area (Å²) in [7, 11) is 0. The zero-order chi connectivity index (χ0) is 11.1. The number of para-hydroxylation sites is 1. The summed E-state index contributed by atoms with van der Waals surface area (Å²) in [4.78, 5) is 15.6. The SMILES string of the molecule is CCONC(=O)COc1ccccc1F. The van der Waals surface area contributed by atoms with Gasteiger partial charge in [0.1, 0.15) is 0 Å². The van der Waals surface area contributed by atoms with E-state index >= 15 is 0 Å². The van der Waals surface area contributed by atoms with Crippen LogP contribution in [0.1, 0.15) is 6.92 Å². The Morgan fingerprint density at radius 1 is 1.47 bits per heavy atom. The molecule has 0 heterocycles. The summed E-state index contributed by atoms with van der Waals surface area (Å²) < 4.78 is 17.9. The fraction of sp³-hybridized carbons (Fsp3) is 0.300. The standard InChI is InChI=1S/C10H12FNO3/c1-2-15-12-10(13)7-14-9-6-4-3-5-8(9)11/h3-6H,2,7H2,1H3,(H,12,13). The summed E-state index contributed by atoms with van der Waals surface area (Å²) in [5.41, 5.74) is 2.14. The molecule has 0 spiro atoms. The number of nitrogens with one attached hydrogen (secondary N) is 1. The maximum Gasteiger partial charge on any atom is 0.281 e. The number of rotatable bonds is 5. The Morgan fingerprint density at radius 3 is 2.87 bits per heavy atom. The lowest BCUT2D eigenvalue weighted by Gasteiger charge is -2.06. The molecule has 4 nitrogen and oxygen atoms in total. The second-order valence-corrected chi connectivity index (χ2v) is 2.68. The van der Waals surface area contributed by atoms with Crippen LogP contribution in [0.2, 0.25) is 0 Å². The quantitative estimate of drug-likeness (QED) is 0.749. The van der Waals surface area contributed by atoms with E-state index in [9.17, 15) is 9.18 Å². The topological polar surface area (TPSA) is 47.6 Å². The fourth-order valence-corrected chi connectivity index (χ4v) is 0.887. The van der Waals surface area contributed by atoms with Crippen LogP contribution in [0, 0.1) is 5.82 Å². The van der Waals surface area contributed by atoms with Gasteiger partial charge in [0.25, 0.3) is 5.91 Å². The molecular weight excluding hydrogens is 201 g/mol. The van der Waals surface area contributed by atoms with Gasteiger partial charge >= 0.3 is 0 Å². The molecule has 0 aliphatic rings. The fourth-order valence-electron chi connectivity index (χ4n) is 0.887. The molecule has 1 amide bonds. The van der Waals surface area contributed by atoms with Gasteiger partial charge in [0, 0.05) is 0 Å². The Balaban J connectivity index is 2.37. The lowest BCUT2D eigenvalue weighted by Crippen LogP contribution is -2.29. The monoisotopic (exact) mass is 213 g/mol. The third-order valence-corrected chi connectivity index (χ3v) is 1.53. The van der Waals surface area contributed by atoms with E-state index in [1.165, 1.54) is 12.1 Å². The first-order valence-corrected chi connectivity index (χ1v) is 4.52. The molecule has 0 aromatic heterocycles. The molecule has 0 atom stereocenters. The van der Waals surface area contributed by atoms with Crippen LogP contribution in [0.5, 0.6) is 5.75 Å². The largest absolute Gasteiger partial charge is 0.481 e. The van der Waals surface area contributed by atoms with Crippen LogP contribution in [0.15, 0.2) is 24.3 Å². The summed E-state index contributed by atoms with van der Waals surface area (Å²) in [5.74, 6) is -0.911. The van der Waals surface area contributed by atoms with E-state index in [2.05, 4.69) is 10.3 Å². The minimum absolute atomic E-state index is 0.0455. The smallest absolute Gasteiger partial charge is 0.281 e. The van der Waals surface area contributed by atoms with Crippen molar-refractivity contribution in [1.82, 2.24) is 5.48 Å². The molecule has 5 heteroatoms. The average molecular weight is 213 g/mol. The molecule has 0 unspecified atom stereocenters. The molecule has 1 N–H and O–H groups in total. The predicted octanol–water partition coefficient (Wildman–Crippen LogP) is 1.27. The van der Waals surface area contributed by atoms with Crippen LogP contribution in [0.4, 0.5) is 4.39 Å². The Bertz CT molecular complexity index is 330. The Hall–Kier alpha value is -1.62. The zero-order valence-electron chi connectivity index (χ0n) is 8.33. The van der Waals surface area contributed by atoms with Crippen molar-refractivity contribution in [3.63, 3.8) is 0 Å². The maximum absolute atomic E-state index is 13.0. The van der Waals surface area contributed by atoms with Gasteiger partial charge in [-0.05, 0) is 19.1 Å². The molecule has 0 aliphatic carbocycles. The van der Waals surface area contributed by atoms with Gasteiger partial charge in [0.2, 0.25) is 0 Å². The van der Waals surface area contributed by atoms with Crippen LogP contribution in [0.3, 0.4) is 0 Å². The molecule has 1 rings (SSSR count). The molecule has 0 saturated heterocycles. The predicted molar refractivity (Wildman–Crippen MR) is 51.7 cm³/mol. The van der Waals surface area contributed by atoms with E-state index in [0.717, 1.165) is 0 Å². The summed E-state index contributed by atoms with van der Waals surface area (Å²) in [5, 5.41) is 0. The molecule has 1 aromatic carbocycles. The number of benzene rings is 1. The molecule has 1 aromatic rings. The second-order valence-electron chi connectivity index (χ2n) is 2.68. The van der Waals surface area contributed by atoms with Crippen molar-refractivity contribution in [3.8, 4) is 5.75 Å². The van der Waals surface area contributed by atoms with E-state index < -0.39 is 11.7 Å². The van der Waals surface area contributed by atoms with Crippen molar-refractivity contribution in [2.45, 2.75) is 6.92 Å². The summed E-state index contributed by atoms with van der Waals surface area (Å²) in [6.07, 6.45) is 0. The van der Waals surface area contributed by atoms with E-state index in [1.54, 1.807) is 19.1 Å². The van der Waals surface area contributed by atoms with Gasteiger partial charge < -0.3 is 4.74 Å². The number of hydroxylamine groups is 1. The third-order valence-electron chi connectivity index (χ3n) is 1.53. The van der Waals surface area contributed by atoms with E-state index in [1.807, 2.05) is 0 Å². The Labute approximate surface area is 86.9 Å². The number of hydrogen-bond acceptors (Lipinski definition) is 3. The van der Waals surface area contributed by atoms with Gasteiger partial charge in [-0.25, -0.2) is 9.87 Å². The average Bonchev–Trinajstić information content (AvgIpc) is 2.25. The van der Waals surface area contributed by atoms with Crippen LogP contribution >= 0.6 is 0 Å². The van der Waals surface area contributed by atoms with Crippen molar-refractivity contribution < 1.29 is 18.8 Å². The number of ether oxygens (including phenoxy) is 1. The summed E-state index contributed by atoms with van der Waals surface area (Å²) in [6, 6.07) is 5.88. The molecule has 0 saturated carbocycles. The molecule has 0 bridgehead atoms. The lowest BCUT2D eigenvalue weighted by atomic mass is 10.3. The molecule has 0 fully saturated rings. The Kier molecular flexibility index (Phi) is 4.56. The second kappa shape index (κ2) is 5.98. The van der Waals surface area contributed by atoms with E-state index in [4.69, 9.17) is 4.74 Å². The first-order valence-electron chi connectivity index (χ1n) is 4.52. The first-order chi connectivity index (χ1) is 7.24. The highest BCUT2D eigenvalue weighted by Gasteiger charge is 2.05. The summed E-state index contributed by atoms with van der Waals surface area (Å²) >= 11 is 0. The van der Waals surface area contributed by atoms with Crippen LogP contribution < -0.4 is 10.2 Å². The summed E-state index contributed by atoms with van der Waals surface area (Å²) in [6.45, 7) is 1.82. The molecule has 82 valence electrons. The molecular formula is C10H12FNO3. The lowest BCUT2D eigenvalue weighted by molar-refractivity contribution is -0.135. The van der Waals surface area contributed by atoms with Crippen molar-refractivity contribution in [2.75, 3.05) is 13.2 Å². The number of hydrogen-bond donors (Lipinski definition) is 1. The van der Waals surface area contributed by atoms with Gasteiger partial charge in [-0.1, -0.05) is 12.1 Å². The van der Waals surface area contributed by atoms with Gasteiger partial charge in [-0.15, -0.1) is 0 Å². The number of halogens is 1. The minimum Gasteiger partial charge on any atom is -0.481 e. The van der Waals surface area contributed by atoms with Crippen LogP contribution in [-0.2, 0) is 9.63 Å². The van der Waals surface area contributed by atoms with Crippen LogP contribution in [0.25, 0.3) is 0 Å². The van der Waals surface area contributed by atoms with E-state index in [-0.39, 0.29) is 12.4 Å². The Morgan fingerprint density at radius 2 is 2.20 bits per heavy atom. The van der Waals surface area contributed by atoms with E-state index in [0.29, 0.717) is 6.61 Å². The zero-order valence-corrected chi connectivity index (χ0v) is 8.33. The first kappa shape index (κ1) is 11.5. The van der Waals surface area contributed by atoms with Gasteiger partial charge in [-0.3, -0.25) is 9.63 Å². The number of carbonyl (C=O) groups is 1. The normalized spacial score (nSPS) is 9.73.